The molecule has 5 heteroatoms. The van der Waals surface area contributed by atoms with Crippen molar-refractivity contribution in [3.8, 4) is 6.07 Å². The van der Waals surface area contributed by atoms with Gasteiger partial charge in [0.15, 0.2) is 5.78 Å². The average molecular weight is 266 g/mol. The molecule has 3 N–H and O–H groups in total. The summed E-state index contributed by atoms with van der Waals surface area (Å²) in [6.45, 7) is 0. The highest BCUT2D eigenvalue weighted by Crippen LogP contribution is 2.40. The van der Waals surface area contributed by atoms with Gasteiger partial charge in [-0.1, -0.05) is 6.07 Å². The molecule has 3 rings (SSSR count). The van der Waals surface area contributed by atoms with Gasteiger partial charge >= 0.3 is 0 Å². The number of Topliss-reactive ketones (excluding diaryl/α,β-unsaturated/α-hetero) is 1. The molecule has 1 atom stereocenters. The number of dihydropyridines is 1. The number of hydrogen-bond donors (Lipinski definition) is 2. The van der Waals surface area contributed by atoms with Crippen LogP contribution in [0.3, 0.4) is 0 Å². The summed E-state index contributed by atoms with van der Waals surface area (Å²) >= 11 is 0. The topological polar surface area (TPSA) is 91.8 Å². The first kappa shape index (κ1) is 12.4. The Morgan fingerprint density at radius 2 is 2.30 bits per heavy atom. The van der Waals surface area contributed by atoms with Crippen LogP contribution in [0.1, 0.15) is 30.7 Å². The van der Waals surface area contributed by atoms with Crippen molar-refractivity contribution in [2.24, 2.45) is 5.73 Å². The molecule has 0 aromatic carbocycles. The van der Waals surface area contributed by atoms with Crippen molar-refractivity contribution in [1.29, 1.82) is 5.26 Å². The van der Waals surface area contributed by atoms with Gasteiger partial charge in [0.05, 0.1) is 17.6 Å². The van der Waals surface area contributed by atoms with Gasteiger partial charge < -0.3 is 11.1 Å². The molecule has 1 unspecified atom stereocenters. The van der Waals surface area contributed by atoms with Gasteiger partial charge in [-0.05, 0) is 24.5 Å². The van der Waals surface area contributed by atoms with E-state index in [9.17, 15) is 10.1 Å². The van der Waals surface area contributed by atoms with Crippen LogP contribution in [-0.2, 0) is 4.79 Å². The van der Waals surface area contributed by atoms with Gasteiger partial charge in [-0.15, -0.1) is 0 Å². The van der Waals surface area contributed by atoms with Gasteiger partial charge in [0.2, 0.25) is 0 Å². The van der Waals surface area contributed by atoms with E-state index in [1.807, 2.05) is 6.07 Å². The third kappa shape index (κ3) is 1.86. The first-order valence-electron chi connectivity index (χ1n) is 6.55. The van der Waals surface area contributed by atoms with Crippen LogP contribution in [0.15, 0.2) is 47.2 Å². The van der Waals surface area contributed by atoms with E-state index in [1.54, 1.807) is 18.5 Å². The number of hydrogen-bond acceptors (Lipinski definition) is 5. The second-order valence-electron chi connectivity index (χ2n) is 4.95. The molecule has 100 valence electrons. The van der Waals surface area contributed by atoms with E-state index >= 15 is 0 Å². The lowest BCUT2D eigenvalue weighted by Gasteiger charge is -2.32. The number of pyridine rings is 1. The summed E-state index contributed by atoms with van der Waals surface area (Å²) in [6, 6.07) is 5.81. The van der Waals surface area contributed by atoms with E-state index in [4.69, 9.17) is 5.73 Å². The minimum Gasteiger partial charge on any atom is -0.384 e. The minimum absolute atomic E-state index is 0.0906. The fourth-order valence-corrected chi connectivity index (χ4v) is 2.86. The molecule has 5 nitrogen and oxygen atoms in total. The second-order valence-corrected chi connectivity index (χ2v) is 4.95. The average Bonchev–Trinajstić information content (AvgIpc) is 2.47. The fourth-order valence-electron chi connectivity index (χ4n) is 2.86. The van der Waals surface area contributed by atoms with E-state index in [0.29, 0.717) is 23.4 Å². The van der Waals surface area contributed by atoms with Crippen molar-refractivity contribution < 1.29 is 4.79 Å². The van der Waals surface area contributed by atoms with E-state index < -0.39 is 5.92 Å². The van der Waals surface area contributed by atoms with Crippen LogP contribution >= 0.6 is 0 Å². The lowest BCUT2D eigenvalue weighted by Crippen LogP contribution is -2.35. The highest BCUT2D eigenvalue weighted by atomic mass is 16.1. The molecule has 0 bridgehead atoms. The monoisotopic (exact) mass is 266 g/mol. The zero-order chi connectivity index (χ0) is 14.1. The number of rotatable bonds is 1. The first-order chi connectivity index (χ1) is 9.72. The van der Waals surface area contributed by atoms with Crippen LogP contribution in [0, 0.1) is 11.3 Å². The van der Waals surface area contributed by atoms with Crippen LogP contribution in [0.4, 0.5) is 0 Å². The van der Waals surface area contributed by atoms with Crippen molar-refractivity contribution in [3.05, 3.63) is 52.8 Å². The normalized spacial score (nSPS) is 22.1. The highest BCUT2D eigenvalue weighted by molar-refractivity contribution is 5.99. The molecule has 0 amide bonds. The van der Waals surface area contributed by atoms with Crippen molar-refractivity contribution in [2.75, 3.05) is 0 Å². The third-order valence-electron chi connectivity index (χ3n) is 3.75. The number of nitrogens with two attached hydrogens (primary N) is 1. The maximum atomic E-state index is 12.3. The molecule has 1 aliphatic carbocycles. The molecule has 2 heterocycles. The number of nitrogens with zero attached hydrogens (tertiary/aromatic N) is 2. The lowest BCUT2D eigenvalue weighted by molar-refractivity contribution is -0.116. The Balaban J connectivity index is 2.18. The van der Waals surface area contributed by atoms with Crippen molar-refractivity contribution in [3.63, 3.8) is 0 Å². The van der Waals surface area contributed by atoms with Crippen LogP contribution < -0.4 is 11.1 Å². The van der Waals surface area contributed by atoms with Gasteiger partial charge in [-0.25, -0.2) is 0 Å². The summed E-state index contributed by atoms with van der Waals surface area (Å²) < 4.78 is 0. The molecule has 2 aliphatic rings. The number of nitrogens with one attached hydrogen (secondary N) is 1. The summed E-state index contributed by atoms with van der Waals surface area (Å²) in [5, 5.41) is 12.4. The predicted molar refractivity (Wildman–Crippen MR) is 72.8 cm³/mol. The summed E-state index contributed by atoms with van der Waals surface area (Å²) in [5.74, 6) is 0.0420. The van der Waals surface area contributed by atoms with Gasteiger partial charge in [0.1, 0.15) is 5.82 Å². The summed E-state index contributed by atoms with van der Waals surface area (Å²) in [4.78, 5) is 16.4. The highest BCUT2D eigenvalue weighted by Gasteiger charge is 2.36. The maximum Gasteiger partial charge on any atom is 0.161 e. The summed E-state index contributed by atoms with van der Waals surface area (Å²) in [7, 11) is 0. The summed E-state index contributed by atoms with van der Waals surface area (Å²) in [5.41, 5.74) is 8.70. The van der Waals surface area contributed by atoms with E-state index in [1.165, 1.54) is 0 Å². The van der Waals surface area contributed by atoms with Gasteiger partial charge in [0.25, 0.3) is 0 Å². The smallest absolute Gasteiger partial charge is 0.161 e. The Labute approximate surface area is 116 Å². The first-order valence-corrected chi connectivity index (χ1v) is 6.55. The SMILES string of the molecule is N#CC1=C(N)NC2=C(C(=O)CCC2)C1c1cccnc1. The second kappa shape index (κ2) is 4.82. The van der Waals surface area contributed by atoms with Gasteiger partial charge in [-0.3, -0.25) is 9.78 Å². The quantitative estimate of drug-likeness (QED) is 0.803. The predicted octanol–water partition coefficient (Wildman–Crippen LogP) is 1.47. The fraction of sp³-hybridized carbons (Fsp3) is 0.267. The van der Waals surface area contributed by atoms with Crippen molar-refractivity contribution in [2.45, 2.75) is 25.2 Å². The Morgan fingerprint density at radius 3 is 3.00 bits per heavy atom. The van der Waals surface area contributed by atoms with Crippen LogP contribution in [0.25, 0.3) is 0 Å². The van der Waals surface area contributed by atoms with Crippen LogP contribution in [0.2, 0.25) is 0 Å². The lowest BCUT2D eigenvalue weighted by atomic mass is 9.77. The standard InChI is InChI=1S/C15H14N4O/c16-7-10-13(9-3-2-6-18-8-9)14-11(19-15(10)17)4-1-5-12(14)20/h2-3,6,8,13,19H,1,4-5,17H2. The number of allylic oxidation sites excluding steroid dienone is 3. The Kier molecular flexibility index (Phi) is 2.99. The van der Waals surface area contributed by atoms with Crippen molar-refractivity contribution >= 4 is 5.78 Å². The number of nitriles is 1. The number of carbonyl (C=O) groups is 1. The van der Waals surface area contributed by atoms with E-state index in [-0.39, 0.29) is 5.78 Å². The largest absolute Gasteiger partial charge is 0.384 e. The molecule has 1 aromatic heterocycles. The maximum absolute atomic E-state index is 12.3. The zero-order valence-electron chi connectivity index (χ0n) is 10.9. The Bertz CT molecular complexity index is 667. The van der Waals surface area contributed by atoms with E-state index in [2.05, 4.69) is 16.4 Å². The molecule has 1 aromatic rings. The van der Waals surface area contributed by atoms with Crippen molar-refractivity contribution in [1.82, 2.24) is 10.3 Å². The molecule has 0 saturated heterocycles. The minimum atomic E-state index is -0.391. The molecule has 0 fully saturated rings. The molecular formula is C15H14N4O. The summed E-state index contributed by atoms with van der Waals surface area (Å²) in [6.07, 6.45) is 5.49. The molecule has 0 saturated carbocycles. The van der Waals surface area contributed by atoms with E-state index in [0.717, 1.165) is 24.1 Å². The van der Waals surface area contributed by atoms with Crippen LogP contribution in [0.5, 0.6) is 0 Å². The zero-order valence-corrected chi connectivity index (χ0v) is 10.9. The van der Waals surface area contributed by atoms with Gasteiger partial charge in [-0.2, -0.15) is 5.26 Å². The molecule has 1 aliphatic heterocycles. The van der Waals surface area contributed by atoms with Gasteiger partial charge in [0, 0.05) is 30.1 Å². The number of ketones is 1. The molecule has 20 heavy (non-hydrogen) atoms. The number of carbonyl (C=O) groups excluding carboxylic acids is 1. The van der Waals surface area contributed by atoms with Crippen LogP contribution in [-0.4, -0.2) is 10.8 Å². The molecule has 0 radical (unpaired) electrons. The Morgan fingerprint density at radius 1 is 1.45 bits per heavy atom. The third-order valence-corrected chi connectivity index (χ3v) is 3.75. The number of aromatic nitrogens is 1. The molecular weight excluding hydrogens is 252 g/mol. The molecule has 0 spiro atoms. The Hall–Kier alpha value is -2.61.